The molecule has 0 spiro atoms. The first-order chi connectivity index (χ1) is 8.29. The number of urea groups is 1. The zero-order valence-corrected chi connectivity index (χ0v) is 10.2. The molecule has 7 heteroatoms. The molecule has 7 nitrogen and oxygen atoms in total. The van der Waals surface area contributed by atoms with Crippen LogP contribution < -0.4 is 0 Å². The molecule has 1 N–H and O–H groups in total. The molecule has 98 valence electrons. The topological polar surface area (TPSA) is 95.0 Å². The Balaban J connectivity index is 2.39. The third-order valence-corrected chi connectivity index (χ3v) is 3.38. The fourth-order valence-corrected chi connectivity index (χ4v) is 2.17. The lowest BCUT2D eigenvalue weighted by atomic mass is 9.82. The quantitative estimate of drug-likeness (QED) is 0.718. The third kappa shape index (κ3) is 1.66. The van der Waals surface area contributed by atoms with E-state index in [1.165, 1.54) is 14.0 Å². The van der Waals surface area contributed by atoms with Gasteiger partial charge in [0.05, 0.1) is 6.42 Å². The van der Waals surface area contributed by atoms with Crippen LogP contribution in [-0.4, -0.2) is 51.8 Å². The van der Waals surface area contributed by atoms with Crippen molar-refractivity contribution in [2.24, 2.45) is 5.41 Å². The number of aliphatic carboxylic acids is 1. The average molecular weight is 254 g/mol. The number of rotatable bonds is 3. The molecule has 1 aliphatic carbocycles. The van der Waals surface area contributed by atoms with Crippen LogP contribution in [-0.2, 0) is 14.4 Å². The summed E-state index contributed by atoms with van der Waals surface area (Å²) in [5, 5.41) is 8.83. The molecule has 1 aliphatic heterocycles. The molecule has 0 aromatic carbocycles. The highest BCUT2D eigenvalue weighted by molar-refractivity contribution is 6.20. The van der Waals surface area contributed by atoms with E-state index in [1.807, 2.05) is 0 Å². The van der Waals surface area contributed by atoms with Crippen molar-refractivity contribution in [3.05, 3.63) is 0 Å². The van der Waals surface area contributed by atoms with Crippen molar-refractivity contribution in [1.29, 1.82) is 0 Å². The van der Waals surface area contributed by atoms with Gasteiger partial charge < -0.3 is 5.11 Å². The number of carboxylic acids is 1. The van der Waals surface area contributed by atoms with E-state index in [4.69, 9.17) is 5.11 Å². The van der Waals surface area contributed by atoms with Crippen LogP contribution in [0.4, 0.5) is 4.79 Å². The molecule has 2 aliphatic rings. The maximum Gasteiger partial charge on any atom is 0.333 e. The van der Waals surface area contributed by atoms with Gasteiger partial charge in [-0.05, 0) is 19.8 Å². The number of amides is 4. The van der Waals surface area contributed by atoms with Crippen LogP contribution in [0.15, 0.2) is 0 Å². The first kappa shape index (κ1) is 12.5. The fraction of sp³-hybridized carbons (Fsp3) is 0.636. The lowest BCUT2D eigenvalue weighted by Gasteiger charge is -2.40. The number of carbonyl (C=O) groups is 4. The number of carboxylic acid groups (broad SMARTS) is 1. The normalized spacial score (nSPS) is 28.9. The zero-order chi connectivity index (χ0) is 13.7. The second kappa shape index (κ2) is 3.79. The molecule has 0 aromatic heterocycles. The van der Waals surface area contributed by atoms with Gasteiger partial charge in [-0.25, -0.2) is 4.79 Å². The van der Waals surface area contributed by atoms with Crippen molar-refractivity contribution in [3.63, 3.8) is 0 Å². The molecule has 2 fully saturated rings. The van der Waals surface area contributed by atoms with Gasteiger partial charge in [-0.3, -0.25) is 24.2 Å². The van der Waals surface area contributed by atoms with Crippen LogP contribution in [0.5, 0.6) is 0 Å². The van der Waals surface area contributed by atoms with E-state index in [1.54, 1.807) is 0 Å². The third-order valence-electron chi connectivity index (χ3n) is 3.38. The molecule has 1 heterocycles. The largest absolute Gasteiger partial charge is 0.481 e. The summed E-state index contributed by atoms with van der Waals surface area (Å²) in [4.78, 5) is 48.8. The van der Waals surface area contributed by atoms with Gasteiger partial charge in [0, 0.05) is 13.1 Å². The van der Waals surface area contributed by atoms with Gasteiger partial charge in [-0.2, -0.15) is 0 Å². The number of barbiturate groups is 1. The Morgan fingerprint density at radius 3 is 2.33 bits per heavy atom. The predicted molar refractivity (Wildman–Crippen MR) is 58.4 cm³/mol. The zero-order valence-electron chi connectivity index (χ0n) is 10.2. The Morgan fingerprint density at radius 2 is 1.89 bits per heavy atom. The Morgan fingerprint density at radius 1 is 1.33 bits per heavy atom. The standard InChI is InChI=1S/C11H14N2O5/c1-11(5-7(14)15)8(16)12(2)10(18)13(9(11)17)6-3-4-6/h6H,3-5H2,1-2H3,(H,14,15). The second-order valence-corrected chi connectivity index (χ2v) is 4.96. The van der Waals surface area contributed by atoms with Gasteiger partial charge in [0.1, 0.15) is 5.41 Å². The van der Waals surface area contributed by atoms with Crippen molar-refractivity contribution in [1.82, 2.24) is 9.80 Å². The van der Waals surface area contributed by atoms with Crippen LogP contribution in [0, 0.1) is 5.41 Å². The summed E-state index contributed by atoms with van der Waals surface area (Å²) in [5.74, 6) is -2.69. The fourth-order valence-electron chi connectivity index (χ4n) is 2.17. The molecule has 1 unspecified atom stereocenters. The van der Waals surface area contributed by atoms with Gasteiger partial charge in [0.2, 0.25) is 11.8 Å². The van der Waals surface area contributed by atoms with Gasteiger partial charge in [-0.1, -0.05) is 0 Å². The number of nitrogens with zero attached hydrogens (tertiary/aromatic N) is 2. The summed E-state index contributed by atoms with van der Waals surface area (Å²) in [7, 11) is 1.27. The SMILES string of the molecule is CN1C(=O)N(C2CC2)C(=O)C(C)(CC(=O)O)C1=O. The highest BCUT2D eigenvalue weighted by Crippen LogP contribution is 2.38. The highest BCUT2D eigenvalue weighted by Gasteiger charge is 2.57. The van der Waals surface area contributed by atoms with E-state index >= 15 is 0 Å². The van der Waals surface area contributed by atoms with Crippen LogP contribution in [0.25, 0.3) is 0 Å². The van der Waals surface area contributed by atoms with Gasteiger partial charge >= 0.3 is 12.0 Å². The summed E-state index contributed by atoms with van der Waals surface area (Å²) in [6.45, 7) is 1.28. The molecule has 0 bridgehead atoms. The molecule has 1 atom stereocenters. The maximum atomic E-state index is 12.2. The molecule has 0 aromatic rings. The molecule has 1 saturated carbocycles. The lowest BCUT2D eigenvalue weighted by molar-refractivity contribution is -0.162. The van der Waals surface area contributed by atoms with Gasteiger partial charge in [0.25, 0.3) is 0 Å². The van der Waals surface area contributed by atoms with Gasteiger partial charge in [0.15, 0.2) is 0 Å². The second-order valence-electron chi connectivity index (χ2n) is 4.96. The smallest absolute Gasteiger partial charge is 0.333 e. The Hall–Kier alpha value is -1.92. The number of imide groups is 2. The molecular formula is C11H14N2O5. The highest BCUT2D eigenvalue weighted by atomic mass is 16.4. The van der Waals surface area contributed by atoms with E-state index in [0.717, 1.165) is 9.80 Å². The Bertz CT molecular complexity index is 456. The molecule has 0 radical (unpaired) electrons. The van der Waals surface area contributed by atoms with E-state index < -0.39 is 35.7 Å². The minimum absolute atomic E-state index is 0.186. The van der Waals surface area contributed by atoms with Crippen molar-refractivity contribution in [3.8, 4) is 0 Å². The van der Waals surface area contributed by atoms with Crippen molar-refractivity contribution < 1.29 is 24.3 Å². The number of hydrogen-bond acceptors (Lipinski definition) is 4. The number of carbonyl (C=O) groups excluding carboxylic acids is 3. The van der Waals surface area contributed by atoms with Crippen LogP contribution in [0.2, 0.25) is 0 Å². The monoisotopic (exact) mass is 254 g/mol. The van der Waals surface area contributed by atoms with Crippen molar-refractivity contribution >= 4 is 23.8 Å². The molecule has 4 amide bonds. The van der Waals surface area contributed by atoms with E-state index in [-0.39, 0.29) is 6.04 Å². The van der Waals surface area contributed by atoms with Crippen LogP contribution >= 0.6 is 0 Å². The molecular weight excluding hydrogens is 240 g/mol. The van der Waals surface area contributed by atoms with E-state index in [0.29, 0.717) is 12.8 Å². The van der Waals surface area contributed by atoms with Crippen molar-refractivity contribution in [2.75, 3.05) is 7.05 Å². The van der Waals surface area contributed by atoms with E-state index in [2.05, 4.69) is 0 Å². The molecule has 18 heavy (non-hydrogen) atoms. The van der Waals surface area contributed by atoms with Crippen molar-refractivity contribution in [2.45, 2.75) is 32.2 Å². The predicted octanol–water partition coefficient (Wildman–Crippen LogP) is 0.0504. The summed E-state index contributed by atoms with van der Waals surface area (Å²) in [5.41, 5.74) is -1.68. The summed E-state index contributed by atoms with van der Waals surface area (Å²) in [6.07, 6.45) is 0.816. The summed E-state index contributed by atoms with van der Waals surface area (Å²) < 4.78 is 0. The Labute approximate surface area is 103 Å². The Kier molecular flexibility index (Phi) is 2.64. The first-order valence-electron chi connectivity index (χ1n) is 5.66. The summed E-state index contributed by atoms with van der Waals surface area (Å²) in [6, 6.07) is -0.843. The molecule has 2 rings (SSSR count). The minimum Gasteiger partial charge on any atom is -0.481 e. The van der Waals surface area contributed by atoms with Crippen LogP contribution in [0.1, 0.15) is 26.2 Å². The average Bonchev–Trinajstić information content (AvgIpc) is 3.08. The first-order valence-corrected chi connectivity index (χ1v) is 5.66. The van der Waals surface area contributed by atoms with Gasteiger partial charge in [-0.15, -0.1) is 0 Å². The minimum atomic E-state index is -1.68. The molecule has 1 saturated heterocycles. The van der Waals surface area contributed by atoms with Crippen LogP contribution in [0.3, 0.4) is 0 Å². The van der Waals surface area contributed by atoms with E-state index in [9.17, 15) is 19.2 Å². The lowest BCUT2D eigenvalue weighted by Crippen LogP contribution is -2.64. The number of hydrogen-bond donors (Lipinski definition) is 1. The maximum absolute atomic E-state index is 12.2. The summed E-state index contributed by atoms with van der Waals surface area (Å²) >= 11 is 0.